The minimum absolute atomic E-state index is 0. The van der Waals surface area contributed by atoms with Gasteiger partial charge in [-0.25, -0.2) is 0 Å². The molecule has 0 aliphatic carbocycles. The van der Waals surface area contributed by atoms with E-state index in [1.165, 1.54) is 0 Å². The molecule has 0 rings (SSSR count). The van der Waals surface area contributed by atoms with Gasteiger partial charge in [0.1, 0.15) is 13.1 Å². The van der Waals surface area contributed by atoms with Gasteiger partial charge in [-0.15, -0.1) is 0 Å². The molecule has 19 heavy (non-hydrogen) atoms. The fourth-order valence-corrected chi connectivity index (χ4v) is 0.659. The molecule has 0 heterocycles. The van der Waals surface area contributed by atoms with Crippen molar-refractivity contribution in [1.82, 2.24) is 4.90 Å². The van der Waals surface area contributed by atoms with Crippen LogP contribution in [0.15, 0.2) is 0 Å². The minimum Gasteiger partial charge on any atom is -1.00 e. The van der Waals surface area contributed by atoms with Crippen LogP contribution in [0.5, 0.6) is 0 Å². The minimum atomic E-state index is -1.28. The molecule has 0 aromatic rings. The Hall–Kier alpha value is 3.49. The molecule has 0 atom stereocenters. The quantitative estimate of drug-likeness (QED) is 0.239. The van der Waals surface area contributed by atoms with Crippen LogP contribution in [-0.2, 0) is 9.59 Å². The second-order valence-corrected chi connectivity index (χ2v) is 3.09. The van der Waals surface area contributed by atoms with Crippen LogP contribution in [0.3, 0.4) is 0 Å². The molecule has 98 valence electrons. The summed E-state index contributed by atoms with van der Waals surface area (Å²) in [4.78, 5) is 40.3. The van der Waals surface area contributed by atoms with Gasteiger partial charge in [-0.1, -0.05) is 25.3 Å². The number of carbonyl (C=O) groups is 4. The number of nitrogens with two attached hydrogens (primary N) is 1. The van der Waals surface area contributed by atoms with E-state index in [1.54, 1.807) is 0 Å². The molecule has 0 saturated carbocycles. The van der Waals surface area contributed by atoms with Crippen molar-refractivity contribution in [3.8, 4) is 0 Å². The van der Waals surface area contributed by atoms with Gasteiger partial charge in [0.05, 0.1) is 0 Å². The molecule has 2 amide bonds. The Morgan fingerprint density at radius 1 is 0.947 bits per heavy atom. The molecule has 8 nitrogen and oxygen atoms in total. The summed E-state index contributed by atoms with van der Waals surface area (Å²) in [7, 11) is 0. The Morgan fingerprint density at radius 2 is 1.16 bits per heavy atom. The zero-order valence-electron chi connectivity index (χ0n) is 13.9. The summed E-state index contributed by atoms with van der Waals surface area (Å²) >= 11 is 6.41. The van der Waals surface area contributed by atoms with E-state index in [4.69, 9.17) is 15.0 Å². The number of thiol groups is 2. The topological polar surface area (TPSA) is 138 Å². The number of hydrogen-bond acceptors (Lipinski definition) is 4. The standard InChI is InChI=1S/C5H7NO5S.CH3NOS.3K.3H/c7-3(8)1-6(5(11)12)2-4(9)10;2-1(3)4;;;;;;/h1-2H2,(H,7,8)(H,9,10)(H,11,12);(H3,2,3,4);;;;;;/q;;3*+1;3*-1. The van der Waals surface area contributed by atoms with Crippen LogP contribution in [0.4, 0.5) is 9.59 Å². The average Bonchev–Trinajstić information content (AvgIpc) is 1.99. The van der Waals surface area contributed by atoms with E-state index in [-0.39, 0.29) is 158 Å². The maximum Gasteiger partial charge on any atom is 1.00 e. The van der Waals surface area contributed by atoms with Gasteiger partial charge in [0, 0.05) is 0 Å². The molecule has 4 N–H and O–H groups in total. The Balaban J connectivity index is -0.0000000296. The van der Waals surface area contributed by atoms with E-state index in [1.807, 2.05) is 0 Å². The molecule has 13 heteroatoms. The normalized spacial score (nSPS) is 7.05. The molecule has 0 aromatic carbocycles. The van der Waals surface area contributed by atoms with Gasteiger partial charge >= 0.3 is 166 Å². The third kappa shape index (κ3) is 34.0. The Labute approximate surface area is 252 Å². The Kier molecular flexibility index (Phi) is 38.4. The third-order valence-electron chi connectivity index (χ3n) is 0.923. The van der Waals surface area contributed by atoms with Crippen LogP contribution < -0.4 is 160 Å². The SMILES string of the molecule is NC(=O)S.O=C(O)CN(CC(=O)O)C(=O)S.[H-].[H-].[H-].[K+].[K+].[K+]. The molecule has 0 spiro atoms. The van der Waals surface area contributed by atoms with E-state index in [0.29, 0.717) is 4.90 Å². The number of amides is 2. The van der Waals surface area contributed by atoms with Crippen molar-refractivity contribution in [2.45, 2.75) is 0 Å². The monoisotopic (exact) mass is 390 g/mol. The summed E-state index contributed by atoms with van der Waals surface area (Å²) in [5, 5.41) is 14.9. The summed E-state index contributed by atoms with van der Waals surface area (Å²) in [6, 6.07) is 0. The van der Waals surface area contributed by atoms with E-state index in [9.17, 15) is 14.4 Å². The van der Waals surface area contributed by atoms with Gasteiger partial charge < -0.3 is 25.1 Å². The van der Waals surface area contributed by atoms with Crippen LogP contribution in [0.25, 0.3) is 0 Å². The van der Waals surface area contributed by atoms with Crippen LogP contribution in [-0.4, -0.2) is 50.6 Å². The van der Waals surface area contributed by atoms with Crippen LogP contribution in [0, 0.1) is 0 Å². The van der Waals surface area contributed by atoms with Crippen molar-refractivity contribution in [2.24, 2.45) is 5.73 Å². The zero-order chi connectivity index (χ0) is 13.3. The van der Waals surface area contributed by atoms with E-state index >= 15 is 0 Å². The van der Waals surface area contributed by atoms with Crippen LogP contribution >= 0.6 is 25.3 Å². The number of hydrogen-bond donors (Lipinski definition) is 5. The number of nitrogens with zero attached hydrogens (tertiary/aromatic N) is 1. The first-order valence-electron chi connectivity index (χ1n) is 3.56. The first kappa shape index (κ1) is 34.0. The summed E-state index contributed by atoms with van der Waals surface area (Å²) in [5.41, 5.74) is 4.34. The van der Waals surface area contributed by atoms with Crippen molar-refractivity contribution in [2.75, 3.05) is 13.1 Å². The maximum absolute atomic E-state index is 10.5. The number of carboxylic acids is 2. The van der Waals surface area contributed by atoms with Crippen molar-refractivity contribution >= 4 is 47.7 Å². The predicted molar refractivity (Wildman–Crippen MR) is 63.1 cm³/mol. The second-order valence-electron chi connectivity index (χ2n) is 2.26. The molecule has 0 aliphatic heterocycles. The maximum atomic E-state index is 10.5. The first-order chi connectivity index (χ1) is 7.16. The molecule has 0 bridgehead atoms. The first-order valence-corrected chi connectivity index (χ1v) is 4.46. The number of carbonyl (C=O) groups excluding carboxylic acids is 2. The van der Waals surface area contributed by atoms with Gasteiger partial charge in [-0.3, -0.25) is 19.2 Å². The van der Waals surface area contributed by atoms with Crippen molar-refractivity contribution in [1.29, 1.82) is 0 Å². The summed E-state index contributed by atoms with van der Waals surface area (Å²) in [6.07, 6.45) is 0. The second kappa shape index (κ2) is 21.5. The predicted octanol–water partition coefficient (Wildman–Crippen LogP) is -9.15. The van der Waals surface area contributed by atoms with E-state index < -0.39 is 35.5 Å². The van der Waals surface area contributed by atoms with Gasteiger partial charge in [-0.2, -0.15) is 0 Å². The molecule has 0 aliphatic rings. The number of aliphatic carboxylic acids is 2. The summed E-state index contributed by atoms with van der Waals surface area (Å²) in [6.45, 7) is -1.32. The average molecular weight is 391 g/mol. The largest absolute Gasteiger partial charge is 1.00 e. The molecular formula is C6H13K3N2O6S2. The zero-order valence-corrected chi connectivity index (χ0v) is 22.0. The molecular weight excluding hydrogens is 378 g/mol. The van der Waals surface area contributed by atoms with E-state index in [2.05, 4.69) is 31.0 Å². The molecule has 0 fully saturated rings. The third-order valence-corrected chi connectivity index (χ3v) is 1.21. The van der Waals surface area contributed by atoms with E-state index in [0.717, 1.165) is 0 Å². The number of rotatable bonds is 4. The summed E-state index contributed by atoms with van der Waals surface area (Å²) in [5.74, 6) is -2.56. The van der Waals surface area contributed by atoms with Gasteiger partial charge in [0.15, 0.2) is 0 Å². The van der Waals surface area contributed by atoms with Gasteiger partial charge in [0.2, 0.25) is 0 Å². The molecule has 0 saturated heterocycles. The van der Waals surface area contributed by atoms with Crippen molar-refractivity contribution in [3.05, 3.63) is 0 Å². The summed E-state index contributed by atoms with van der Waals surface area (Å²) < 4.78 is 0. The Bertz CT molecular complexity index is 299. The fraction of sp³-hybridized carbons (Fsp3) is 0.333. The number of carboxylic acid groups (broad SMARTS) is 2. The van der Waals surface area contributed by atoms with Gasteiger partial charge in [0.25, 0.3) is 10.5 Å². The van der Waals surface area contributed by atoms with Gasteiger partial charge in [-0.05, 0) is 0 Å². The van der Waals surface area contributed by atoms with Crippen molar-refractivity contribution in [3.63, 3.8) is 0 Å². The fourth-order valence-electron chi connectivity index (χ4n) is 0.518. The Morgan fingerprint density at radius 3 is 1.26 bits per heavy atom. The number of primary amides is 1. The van der Waals surface area contributed by atoms with Crippen molar-refractivity contribution < 1.29 is 188 Å². The molecule has 0 aromatic heterocycles. The molecule has 0 radical (unpaired) electrons. The van der Waals surface area contributed by atoms with Crippen LogP contribution in [0.1, 0.15) is 4.28 Å². The molecule has 0 unspecified atom stereocenters. The van der Waals surface area contributed by atoms with Crippen LogP contribution in [0.2, 0.25) is 0 Å². The smallest absolute Gasteiger partial charge is 1.00 e.